The Labute approximate surface area is 235 Å². The number of hydrogen-bond donors (Lipinski definition) is 2. The number of aliphatic hydroxyl groups is 1. The molecule has 0 saturated carbocycles. The molecule has 1 saturated heterocycles. The van der Waals surface area contributed by atoms with Gasteiger partial charge in [0, 0.05) is 34.2 Å². The maximum Gasteiger partial charge on any atom is 0.251 e. The first kappa shape index (κ1) is 28.5. The van der Waals surface area contributed by atoms with Crippen molar-refractivity contribution in [1.29, 1.82) is 0 Å². The van der Waals surface area contributed by atoms with Crippen molar-refractivity contribution in [2.75, 3.05) is 20.3 Å². The summed E-state index contributed by atoms with van der Waals surface area (Å²) in [4.78, 5) is 21.9. The molecule has 41 heavy (non-hydrogen) atoms. The van der Waals surface area contributed by atoms with Crippen molar-refractivity contribution in [3.05, 3.63) is 88.5 Å². The van der Waals surface area contributed by atoms with Crippen LogP contribution in [0.3, 0.4) is 0 Å². The molecule has 10 heteroatoms. The molecule has 0 radical (unpaired) electrons. The molecule has 2 aromatic heterocycles. The first-order valence-electron chi connectivity index (χ1n) is 13.2. The van der Waals surface area contributed by atoms with Gasteiger partial charge in [-0.1, -0.05) is 0 Å². The van der Waals surface area contributed by atoms with Gasteiger partial charge in [0.1, 0.15) is 28.4 Å². The number of ether oxygens (including phenoxy) is 2. The summed E-state index contributed by atoms with van der Waals surface area (Å²) < 4.78 is 54.9. The molecule has 1 aliphatic rings. The first-order chi connectivity index (χ1) is 19.4. The van der Waals surface area contributed by atoms with Gasteiger partial charge in [-0.25, -0.2) is 18.7 Å². The third-order valence-corrected chi connectivity index (χ3v) is 7.33. The molecular formula is C31H30F3N3O4. The standard InChI is InChI=1S/C31H30F3N3O4/c1-17-12-19-13-20(14-23(40-4)26(19)37-28(17)34)29(38)35-16-31(10-5-11-41-31)24-15-22(30(2,3)39)25(33)27(36-24)18-6-8-21(32)9-7-18/h6-9,12-15,39H,5,10-11,16H2,1-4H3,(H,35,38). The van der Waals surface area contributed by atoms with E-state index in [9.17, 15) is 18.7 Å². The number of pyridine rings is 2. The van der Waals surface area contributed by atoms with Crippen LogP contribution < -0.4 is 10.1 Å². The molecule has 1 amide bonds. The van der Waals surface area contributed by atoms with Gasteiger partial charge in [0.05, 0.1) is 24.9 Å². The van der Waals surface area contributed by atoms with Crippen molar-refractivity contribution in [2.45, 2.75) is 44.8 Å². The lowest BCUT2D eigenvalue weighted by Gasteiger charge is -2.31. The predicted molar refractivity (Wildman–Crippen MR) is 147 cm³/mol. The highest BCUT2D eigenvalue weighted by Gasteiger charge is 2.41. The van der Waals surface area contributed by atoms with E-state index in [4.69, 9.17) is 9.47 Å². The fourth-order valence-corrected chi connectivity index (χ4v) is 5.09. The second-order valence-electron chi connectivity index (χ2n) is 10.8. The van der Waals surface area contributed by atoms with E-state index in [1.54, 1.807) is 19.1 Å². The average Bonchev–Trinajstić information content (AvgIpc) is 3.42. The summed E-state index contributed by atoms with van der Waals surface area (Å²) in [5.74, 6) is -2.02. The molecule has 1 aliphatic heterocycles. The number of nitrogens with one attached hydrogen (secondary N) is 1. The van der Waals surface area contributed by atoms with Crippen LogP contribution in [0.5, 0.6) is 5.75 Å². The minimum Gasteiger partial charge on any atom is -0.494 e. The van der Waals surface area contributed by atoms with E-state index in [0.29, 0.717) is 47.2 Å². The van der Waals surface area contributed by atoms with Crippen molar-refractivity contribution in [2.24, 2.45) is 0 Å². The van der Waals surface area contributed by atoms with Crippen LogP contribution in [0, 0.1) is 24.5 Å². The Morgan fingerprint density at radius 2 is 1.85 bits per heavy atom. The topological polar surface area (TPSA) is 93.6 Å². The molecule has 1 atom stereocenters. The molecule has 7 nitrogen and oxygen atoms in total. The molecule has 0 aliphatic carbocycles. The largest absolute Gasteiger partial charge is 0.494 e. The monoisotopic (exact) mass is 565 g/mol. The lowest BCUT2D eigenvalue weighted by atomic mass is 9.89. The minimum absolute atomic E-state index is 0.000328. The number of hydrogen-bond acceptors (Lipinski definition) is 6. The average molecular weight is 566 g/mol. The maximum atomic E-state index is 15.7. The highest BCUT2D eigenvalue weighted by Crippen LogP contribution is 2.39. The highest BCUT2D eigenvalue weighted by molar-refractivity contribution is 6.00. The number of aryl methyl sites for hydroxylation is 1. The highest BCUT2D eigenvalue weighted by atomic mass is 19.1. The van der Waals surface area contributed by atoms with E-state index in [1.807, 2.05) is 0 Å². The van der Waals surface area contributed by atoms with Crippen molar-refractivity contribution in [3.63, 3.8) is 0 Å². The summed E-state index contributed by atoms with van der Waals surface area (Å²) >= 11 is 0. The summed E-state index contributed by atoms with van der Waals surface area (Å²) in [5, 5.41) is 14.2. The Morgan fingerprint density at radius 3 is 2.49 bits per heavy atom. The van der Waals surface area contributed by atoms with Gasteiger partial charge < -0.3 is 19.9 Å². The normalized spacial score (nSPS) is 17.2. The van der Waals surface area contributed by atoms with Gasteiger partial charge in [-0.15, -0.1) is 0 Å². The Hall–Kier alpha value is -4.02. The number of amides is 1. The molecule has 5 rings (SSSR count). The number of methoxy groups -OCH3 is 1. The van der Waals surface area contributed by atoms with Gasteiger partial charge in [-0.05, 0) is 82.1 Å². The van der Waals surface area contributed by atoms with Gasteiger partial charge in [-0.3, -0.25) is 4.79 Å². The van der Waals surface area contributed by atoms with Gasteiger partial charge in [0.15, 0.2) is 5.82 Å². The number of halogens is 3. The molecule has 3 heterocycles. The molecule has 2 aromatic carbocycles. The number of benzene rings is 2. The molecule has 1 fully saturated rings. The van der Waals surface area contributed by atoms with E-state index in [2.05, 4.69) is 15.3 Å². The summed E-state index contributed by atoms with van der Waals surface area (Å²) in [7, 11) is 1.41. The maximum absolute atomic E-state index is 15.7. The van der Waals surface area contributed by atoms with Crippen LogP contribution in [0.4, 0.5) is 13.2 Å². The second kappa shape index (κ2) is 10.8. The van der Waals surface area contributed by atoms with Crippen LogP contribution in [-0.2, 0) is 15.9 Å². The van der Waals surface area contributed by atoms with Crippen LogP contribution in [0.2, 0.25) is 0 Å². The van der Waals surface area contributed by atoms with E-state index in [1.165, 1.54) is 57.4 Å². The fraction of sp³-hybridized carbons (Fsp3) is 0.323. The summed E-state index contributed by atoms with van der Waals surface area (Å²) in [6, 6.07) is 11.4. The Morgan fingerprint density at radius 1 is 1.12 bits per heavy atom. The quantitative estimate of drug-likeness (QED) is 0.280. The van der Waals surface area contributed by atoms with Gasteiger partial charge >= 0.3 is 0 Å². The van der Waals surface area contributed by atoms with Crippen LogP contribution in [0.1, 0.15) is 53.9 Å². The molecule has 0 bridgehead atoms. The van der Waals surface area contributed by atoms with Gasteiger partial charge in [0.25, 0.3) is 5.91 Å². The number of fused-ring (bicyclic) bond motifs is 1. The number of rotatable bonds is 7. The number of nitrogens with zero attached hydrogens (tertiary/aromatic N) is 2. The Bertz CT molecular complexity index is 1630. The van der Waals surface area contributed by atoms with E-state index in [-0.39, 0.29) is 29.1 Å². The van der Waals surface area contributed by atoms with Crippen molar-refractivity contribution < 1.29 is 32.5 Å². The summed E-state index contributed by atoms with van der Waals surface area (Å²) in [5.41, 5.74) is -1.17. The van der Waals surface area contributed by atoms with Crippen molar-refractivity contribution in [3.8, 4) is 17.0 Å². The summed E-state index contributed by atoms with van der Waals surface area (Å²) in [6.07, 6.45) is 1.14. The second-order valence-corrected chi connectivity index (χ2v) is 10.8. The first-order valence-corrected chi connectivity index (χ1v) is 13.2. The Balaban J connectivity index is 1.52. The third kappa shape index (κ3) is 5.49. The predicted octanol–water partition coefficient (Wildman–Crippen LogP) is 5.69. The zero-order chi connectivity index (χ0) is 29.5. The Kier molecular flexibility index (Phi) is 7.48. The van der Waals surface area contributed by atoms with Crippen molar-refractivity contribution >= 4 is 16.8 Å². The van der Waals surface area contributed by atoms with Crippen LogP contribution >= 0.6 is 0 Å². The molecule has 2 N–H and O–H groups in total. The molecule has 0 spiro atoms. The lowest BCUT2D eigenvalue weighted by molar-refractivity contribution is -0.00266. The minimum atomic E-state index is -1.56. The zero-order valence-electron chi connectivity index (χ0n) is 23.1. The van der Waals surface area contributed by atoms with Crippen LogP contribution in [0.25, 0.3) is 22.2 Å². The lowest BCUT2D eigenvalue weighted by Crippen LogP contribution is -2.41. The van der Waals surface area contributed by atoms with Gasteiger partial charge in [0.2, 0.25) is 5.95 Å². The number of carbonyl (C=O) groups excluding carboxylic acids is 1. The van der Waals surface area contributed by atoms with Gasteiger partial charge in [-0.2, -0.15) is 4.39 Å². The number of carbonyl (C=O) groups is 1. The fourth-order valence-electron chi connectivity index (χ4n) is 5.09. The number of aromatic nitrogens is 2. The van der Waals surface area contributed by atoms with E-state index in [0.717, 1.165) is 0 Å². The smallest absolute Gasteiger partial charge is 0.251 e. The zero-order valence-corrected chi connectivity index (χ0v) is 23.1. The van der Waals surface area contributed by atoms with Crippen LogP contribution in [0.15, 0.2) is 48.5 Å². The summed E-state index contributed by atoms with van der Waals surface area (Å²) in [6.45, 7) is 4.89. The third-order valence-electron chi connectivity index (χ3n) is 7.33. The SMILES string of the molecule is COc1cc(C(=O)NCC2(c3cc(C(C)(C)O)c(F)c(-c4ccc(F)cc4)n3)CCCO2)cc2cc(C)c(F)nc12. The van der Waals surface area contributed by atoms with Crippen LogP contribution in [-0.4, -0.2) is 41.2 Å². The van der Waals surface area contributed by atoms with Crippen molar-refractivity contribution in [1.82, 2.24) is 15.3 Å². The molecule has 214 valence electrons. The van der Waals surface area contributed by atoms with E-state index < -0.39 is 34.7 Å². The van der Waals surface area contributed by atoms with E-state index >= 15 is 4.39 Å². The molecular weight excluding hydrogens is 535 g/mol. The molecule has 1 unspecified atom stereocenters. The molecule has 4 aromatic rings.